The van der Waals surface area contributed by atoms with Crippen LogP contribution < -0.4 is 0 Å². The number of hydrogen-bond donors (Lipinski definition) is 0. The number of terminal acetylenes is 1. The number of hydrogen-bond acceptors (Lipinski definition) is 2. The quantitative estimate of drug-likeness (QED) is 0.612. The highest BCUT2D eigenvalue weighted by Crippen LogP contribution is 2.16. The molecule has 0 N–H and O–H groups in total. The van der Waals surface area contributed by atoms with E-state index in [1.807, 2.05) is 0 Å². The minimum absolute atomic E-state index is 0.353. The summed E-state index contributed by atoms with van der Waals surface area (Å²) in [7, 11) is 4.37. The van der Waals surface area contributed by atoms with Crippen molar-refractivity contribution in [3.05, 3.63) is 0 Å². The molecule has 0 aliphatic heterocycles. The van der Waals surface area contributed by atoms with E-state index >= 15 is 0 Å². The predicted octanol–water partition coefficient (Wildman–Crippen LogP) is 2.31. The van der Waals surface area contributed by atoms with Crippen molar-refractivity contribution in [1.29, 1.82) is 0 Å². The molecule has 0 spiro atoms. The first kappa shape index (κ1) is 15.5. The Morgan fingerprint density at radius 2 is 1.56 bits per heavy atom. The van der Waals surface area contributed by atoms with Crippen molar-refractivity contribution in [2.24, 2.45) is 5.92 Å². The Balaban J connectivity index is 4.60. The third-order valence-electron chi connectivity index (χ3n) is 3.70. The Labute approximate surface area is 102 Å². The maximum atomic E-state index is 5.49. The van der Waals surface area contributed by atoms with Crippen LogP contribution in [0.5, 0.6) is 0 Å². The Morgan fingerprint density at radius 1 is 1.06 bits per heavy atom. The molecule has 0 saturated heterocycles. The molecule has 0 rings (SSSR count). The SMILES string of the molecule is C#CC(C)CC([C@@H](C)N(C)CC)N(C)CC. The Hall–Kier alpha value is -0.520. The van der Waals surface area contributed by atoms with Gasteiger partial charge >= 0.3 is 0 Å². The van der Waals surface area contributed by atoms with Crippen molar-refractivity contribution in [3.63, 3.8) is 0 Å². The maximum absolute atomic E-state index is 5.49. The van der Waals surface area contributed by atoms with Gasteiger partial charge in [0.25, 0.3) is 0 Å². The molecule has 2 unspecified atom stereocenters. The maximum Gasteiger partial charge on any atom is 0.0257 e. The van der Waals surface area contributed by atoms with E-state index in [9.17, 15) is 0 Å². The summed E-state index contributed by atoms with van der Waals surface area (Å²) in [6.07, 6.45) is 6.56. The first-order chi connectivity index (χ1) is 7.47. The van der Waals surface area contributed by atoms with Gasteiger partial charge in [-0.05, 0) is 40.5 Å². The molecular formula is C14H28N2. The van der Waals surface area contributed by atoms with Gasteiger partial charge in [0.15, 0.2) is 0 Å². The van der Waals surface area contributed by atoms with Crippen molar-refractivity contribution < 1.29 is 0 Å². The smallest absolute Gasteiger partial charge is 0.0257 e. The summed E-state index contributed by atoms with van der Waals surface area (Å²) in [5, 5.41) is 0. The van der Waals surface area contributed by atoms with Crippen LogP contribution in [0.3, 0.4) is 0 Å². The normalized spacial score (nSPS) is 17.2. The highest BCUT2D eigenvalue weighted by atomic mass is 15.2. The Kier molecular flexibility index (Phi) is 7.45. The van der Waals surface area contributed by atoms with Gasteiger partial charge < -0.3 is 9.80 Å². The van der Waals surface area contributed by atoms with Crippen molar-refractivity contribution >= 4 is 0 Å². The van der Waals surface area contributed by atoms with E-state index in [0.717, 1.165) is 19.5 Å². The topological polar surface area (TPSA) is 6.48 Å². The molecule has 0 aromatic heterocycles. The van der Waals surface area contributed by atoms with Crippen LogP contribution in [0.1, 0.15) is 34.1 Å². The fraction of sp³-hybridized carbons (Fsp3) is 0.857. The van der Waals surface area contributed by atoms with Crippen LogP contribution in [0.15, 0.2) is 0 Å². The lowest BCUT2D eigenvalue weighted by atomic mass is 9.95. The highest BCUT2D eigenvalue weighted by molar-refractivity contribution is 4.94. The van der Waals surface area contributed by atoms with Crippen LogP contribution in [0, 0.1) is 18.3 Å². The summed E-state index contributed by atoms with van der Waals surface area (Å²) in [6, 6.07) is 1.09. The van der Waals surface area contributed by atoms with E-state index in [1.54, 1.807) is 0 Å². The van der Waals surface area contributed by atoms with E-state index in [2.05, 4.69) is 57.5 Å². The lowest BCUT2D eigenvalue weighted by Crippen LogP contribution is -2.48. The Bertz CT molecular complexity index is 219. The first-order valence-electron chi connectivity index (χ1n) is 6.34. The third-order valence-corrected chi connectivity index (χ3v) is 3.70. The zero-order chi connectivity index (χ0) is 12.7. The van der Waals surface area contributed by atoms with Crippen molar-refractivity contribution in [2.45, 2.75) is 46.2 Å². The largest absolute Gasteiger partial charge is 0.302 e. The molecule has 0 bridgehead atoms. The summed E-state index contributed by atoms with van der Waals surface area (Å²) >= 11 is 0. The lowest BCUT2D eigenvalue weighted by Gasteiger charge is -2.37. The molecule has 0 radical (unpaired) electrons. The molecule has 2 nitrogen and oxygen atoms in total. The third kappa shape index (κ3) is 4.55. The van der Waals surface area contributed by atoms with Gasteiger partial charge in [0.05, 0.1) is 0 Å². The van der Waals surface area contributed by atoms with Crippen LogP contribution in [0.4, 0.5) is 0 Å². The second kappa shape index (κ2) is 7.70. The summed E-state index contributed by atoms with van der Waals surface area (Å²) in [4.78, 5) is 4.80. The number of rotatable bonds is 7. The van der Waals surface area contributed by atoms with Gasteiger partial charge in [-0.1, -0.05) is 20.8 Å². The van der Waals surface area contributed by atoms with Crippen LogP contribution in [-0.2, 0) is 0 Å². The molecule has 3 atom stereocenters. The lowest BCUT2D eigenvalue weighted by molar-refractivity contribution is 0.118. The minimum Gasteiger partial charge on any atom is -0.302 e. The Morgan fingerprint density at radius 3 is 1.94 bits per heavy atom. The monoisotopic (exact) mass is 224 g/mol. The number of likely N-dealkylation sites (N-methyl/N-ethyl adjacent to an activating group) is 2. The molecule has 0 aliphatic rings. The van der Waals surface area contributed by atoms with E-state index in [0.29, 0.717) is 18.0 Å². The van der Waals surface area contributed by atoms with Crippen LogP contribution in [-0.4, -0.2) is 49.1 Å². The van der Waals surface area contributed by atoms with E-state index in [4.69, 9.17) is 6.42 Å². The molecule has 0 fully saturated rings. The van der Waals surface area contributed by atoms with E-state index in [1.165, 1.54) is 0 Å². The minimum atomic E-state index is 0.353. The summed E-state index contributed by atoms with van der Waals surface area (Å²) in [6.45, 7) is 11.0. The molecule has 0 saturated carbocycles. The van der Waals surface area contributed by atoms with Crippen LogP contribution >= 0.6 is 0 Å². The average Bonchev–Trinajstić information content (AvgIpc) is 2.32. The van der Waals surface area contributed by atoms with Crippen LogP contribution in [0.25, 0.3) is 0 Å². The first-order valence-corrected chi connectivity index (χ1v) is 6.34. The van der Waals surface area contributed by atoms with Gasteiger partial charge in [-0.15, -0.1) is 12.3 Å². The molecule has 0 aliphatic carbocycles. The van der Waals surface area contributed by atoms with Crippen molar-refractivity contribution in [2.75, 3.05) is 27.2 Å². The molecule has 0 aromatic rings. The summed E-state index contributed by atoms with van der Waals surface area (Å²) in [5.74, 6) is 3.19. The van der Waals surface area contributed by atoms with Crippen LogP contribution in [0.2, 0.25) is 0 Å². The highest BCUT2D eigenvalue weighted by Gasteiger charge is 2.24. The number of nitrogens with zero attached hydrogens (tertiary/aromatic N) is 2. The molecule has 16 heavy (non-hydrogen) atoms. The molecular weight excluding hydrogens is 196 g/mol. The van der Waals surface area contributed by atoms with Crippen molar-refractivity contribution in [3.8, 4) is 12.3 Å². The molecule has 2 heteroatoms. The average molecular weight is 224 g/mol. The van der Waals surface area contributed by atoms with Gasteiger partial charge in [-0.3, -0.25) is 0 Å². The summed E-state index contributed by atoms with van der Waals surface area (Å²) < 4.78 is 0. The van der Waals surface area contributed by atoms with Gasteiger partial charge in [0.2, 0.25) is 0 Å². The van der Waals surface area contributed by atoms with E-state index < -0.39 is 0 Å². The zero-order valence-corrected chi connectivity index (χ0v) is 11.8. The fourth-order valence-corrected chi connectivity index (χ4v) is 1.99. The van der Waals surface area contributed by atoms with Gasteiger partial charge in [-0.2, -0.15) is 0 Å². The van der Waals surface area contributed by atoms with Gasteiger partial charge in [0.1, 0.15) is 0 Å². The van der Waals surface area contributed by atoms with E-state index in [-0.39, 0.29) is 0 Å². The van der Waals surface area contributed by atoms with Gasteiger partial charge in [-0.25, -0.2) is 0 Å². The standard InChI is InChI=1S/C14H28N2/c1-8-12(4)11-14(16(7)10-3)13(5)15(6)9-2/h1,12-14H,9-11H2,2-7H3/t12?,13-,14?/m1/s1. The molecule has 0 heterocycles. The van der Waals surface area contributed by atoms with Gasteiger partial charge in [0, 0.05) is 18.0 Å². The zero-order valence-electron chi connectivity index (χ0n) is 11.8. The van der Waals surface area contributed by atoms with Crippen molar-refractivity contribution in [1.82, 2.24) is 9.80 Å². The molecule has 0 amide bonds. The molecule has 0 aromatic carbocycles. The fourth-order valence-electron chi connectivity index (χ4n) is 1.99. The summed E-state index contributed by atoms with van der Waals surface area (Å²) in [5.41, 5.74) is 0. The predicted molar refractivity (Wildman–Crippen MR) is 72.5 cm³/mol. The second-order valence-corrected chi connectivity index (χ2v) is 4.76. The second-order valence-electron chi connectivity index (χ2n) is 4.76. The molecule has 94 valence electrons.